The smallest absolute Gasteiger partial charge is 0.334 e. The molecule has 6 aliphatic rings. The Morgan fingerprint density at radius 3 is 2.38 bits per heavy atom. The molecule has 4 heteroatoms. The molecule has 1 N–H and O–H groups in total. The van der Waals surface area contributed by atoms with Crippen LogP contribution in [0.15, 0.2) is 0 Å². The molecule has 0 aromatic heterocycles. The standard InChI is InChI=1S/C28H44O4/c1-16-13-17(23(30)31-6)32-18-14-26(5)20-8-7-19-24(2,3)21(29)9-10-27(19)15-28(20,27)12-11-25(26,4)22(16)18/h16-22,29H,7-15H2,1-6H3/t16-,17?,18?,19?,20+,21+,22?,25-,26+,27-,28+/m1/s1. The van der Waals surface area contributed by atoms with Crippen molar-refractivity contribution >= 4 is 5.97 Å². The molecule has 32 heavy (non-hydrogen) atoms. The maximum absolute atomic E-state index is 12.3. The number of hydrogen-bond acceptors (Lipinski definition) is 4. The van der Waals surface area contributed by atoms with Gasteiger partial charge in [-0.3, -0.25) is 0 Å². The highest BCUT2D eigenvalue weighted by Gasteiger charge is 2.83. The molecule has 1 saturated heterocycles. The first-order valence-corrected chi connectivity index (χ1v) is 13.4. The molecule has 0 aromatic carbocycles. The third kappa shape index (κ3) is 2.26. The summed E-state index contributed by atoms with van der Waals surface area (Å²) < 4.78 is 11.6. The van der Waals surface area contributed by atoms with E-state index in [1.807, 2.05) is 0 Å². The Bertz CT molecular complexity index is 837. The molecule has 0 bridgehead atoms. The van der Waals surface area contributed by atoms with E-state index in [4.69, 9.17) is 9.47 Å². The highest BCUT2D eigenvalue weighted by atomic mass is 16.6. The molecule has 0 amide bonds. The first kappa shape index (κ1) is 21.9. The molecular formula is C28H44O4. The summed E-state index contributed by atoms with van der Waals surface area (Å²) >= 11 is 0. The molecule has 6 fully saturated rings. The average Bonchev–Trinajstić information content (AvgIpc) is 3.34. The number of fused-ring (bicyclic) bond motifs is 4. The zero-order valence-electron chi connectivity index (χ0n) is 21.1. The zero-order valence-corrected chi connectivity index (χ0v) is 21.1. The van der Waals surface area contributed by atoms with Gasteiger partial charge in [-0.1, -0.05) is 34.6 Å². The fourth-order valence-corrected chi connectivity index (χ4v) is 11.6. The van der Waals surface area contributed by atoms with E-state index in [1.165, 1.54) is 45.6 Å². The van der Waals surface area contributed by atoms with Crippen molar-refractivity contribution in [3.8, 4) is 0 Å². The van der Waals surface area contributed by atoms with Crippen molar-refractivity contribution in [3.63, 3.8) is 0 Å². The van der Waals surface area contributed by atoms with E-state index in [0.29, 0.717) is 28.6 Å². The quantitative estimate of drug-likeness (QED) is 0.553. The van der Waals surface area contributed by atoms with E-state index in [9.17, 15) is 9.90 Å². The largest absolute Gasteiger partial charge is 0.467 e. The Morgan fingerprint density at radius 1 is 0.969 bits per heavy atom. The Labute approximate surface area is 194 Å². The molecular weight excluding hydrogens is 400 g/mol. The van der Waals surface area contributed by atoms with Crippen LogP contribution in [-0.4, -0.2) is 36.5 Å². The van der Waals surface area contributed by atoms with E-state index in [-0.39, 0.29) is 40.5 Å². The topological polar surface area (TPSA) is 55.8 Å². The van der Waals surface area contributed by atoms with Gasteiger partial charge in [0.1, 0.15) is 0 Å². The van der Waals surface area contributed by atoms with Crippen LogP contribution in [0.25, 0.3) is 0 Å². The lowest BCUT2D eigenvalue weighted by atomic mass is 9.41. The lowest BCUT2D eigenvalue weighted by molar-refractivity contribution is -0.178. The van der Waals surface area contributed by atoms with Crippen LogP contribution < -0.4 is 0 Å². The molecule has 1 heterocycles. The minimum atomic E-state index is -0.388. The van der Waals surface area contributed by atoms with Crippen LogP contribution in [0.2, 0.25) is 0 Å². The van der Waals surface area contributed by atoms with E-state index in [1.54, 1.807) is 0 Å². The molecule has 0 aromatic rings. The van der Waals surface area contributed by atoms with Gasteiger partial charge in [0, 0.05) is 0 Å². The molecule has 2 spiro atoms. The predicted octanol–water partition coefficient (Wildman–Crippen LogP) is 5.36. The van der Waals surface area contributed by atoms with Gasteiger partial charge in [0.25, 0.3) is 0 Å². The van der Waals surface area contributed by atoms with Gasteiger partial charge >= 0.3 is 5.97 Å². The second kappa shape index (κ2) is 6.33. The lowest BCUT2D eigenvalue weighted by Crippen LogP contribution is -2.58. The number of hydrogen-bond donors (Lipinski definition) is 1. The minimum absolute atomic E-state index is 0.0450. The average molecular weight is 445 g/mol. The monoisotopic (exact) mass is 444 g/mol. The van der Waals surface area contributed by atoms with Crippen molar-refractivity contribution in [2.75, 3.05) is 7.11 Å². The summed E-state index contributed by atoms with van der Waals surface area (Å²) in [6.45, 7) is 12.2. The number of aliphatic hydroxyl groups excluding tert-OH is 1. The van der Waals surface area contributed by atoms with Gasteiger partial charge in [-0.15, -0.1) is 0 Å². The van der Waals surface area contributed by atoms with Crippen LogP contribution in [0.5, 0.6) is 0 Å². The van der Waals surface area contributed by atoms with E-state index >= 15 is 0 Å². The van der Waals surface area contributed by atoms with Gasteiger partial charge in [-0.2, -0.15) is 0 Å². The summed E-state index contributed by atoms with van der Waals surface area (Å²) in [5.74, 6) is 2.27. The summed E-state index contributed by atoms with van der Waals surface area (Å²) in [5, 5.41) is 10.8. The van der Waals surface area contributed by atoms with Crippen molar-refractivity contribution in [1.82, 2.24) is 0 Å². The van der Waals surface area contributed by atoms with Crippen LogP contribution in [0.4, 0.5) is 0 Å². The Balaban J connectivity index is 1.35. The first-order valence-electron chi connectivity index (χ1n) is 13.4. The second-order valence-electron chi connectivity index (χ2n) is 14.0. The van der Waals surface area contributed by atoms with Crippen molar-refractivity contribution in [3.05, 3.63) is 0 Å². The van der Waals surface area contributed by atoms with Crippen LogP contribution >= 0.6 is 0 Å². The van der Waals surface area contributed by atoms with Gasteiger partial charge in [-0.05, 0) is 109 Å². The van der Waals surface area contributed by atoms with Crippen LogP contribution in [0, 0.1) is 50.7 Å². The van der Waals surface area contributed by atoms with Crippen LogP contribution in [0.3, 0.4) is 0 Å². The van der Waals surface area contributed by atoms with E-state index in [0.717, 1.165) is 25.2 Å². The highest BCUT2D eigenvalue weighted by molar-refractivity contribution is 5.74. The second-order valence-corrected chi connectivity index (χ2v) is 14.0. The summed E-state index contributed by atoms with van der Waals surface area (Å²) in [6.07, 6.45) is 10.4. The third-order valence-electron chi connectivity index (χ3n) is 13.1. The summed E-state index contributed by atoms with van der Waals surface area (Å²) in [4.78, 5) is 12.3. The van der Waals surface area contributed by atoms with Gasteiger partial charge in [-0.25, -0.2) is 4.79 Å². The Morgan fingerprint density at radius 2 is 1.66 bits per heavy atom. The molecule has 11 atom stereocenters. The SMILES string of the molecule is COC(=O)C1C[C@@H](C)C2C(C[C@@]3(C)[C@@H]4CCC5C(C)(C)[C@@H](O)CC[C@@]56C[C@@]46CC[C@]23C)O1. The number of aliphatic hydroxyl groups is 1. The Hall–Kier alpha value is -0.610. The molecule has 0 radical (unpaired) electrons. The van der Waals surface area contributed by atoms with E-state index in [2.05, 4.69) is 34.6 Å². The number of esters is 1. The van der Waals surface area contributed by atoms with Crippen molar-refractivity contribution in [1.29, 1.82) is 0 Å². The van der Waals surface area contributed by atoms with Crippen molar-refractivity contribution in [2.24, 2.45) is 50.7 Å². The Kier molecular flexibility index (Phi) is 4.33. The van der Waals surface area contributed by atoms with Gasteiger partial charge in [0.2, 0.25) is 0 Å². The number of ether oxygens (including phenoxy) is 2. The molecule has 5 saturated carbocycles. The van der Waals surface area contributed by atoms with Crippen molar-refractivity contribution < 1.29 is 19.4 Å². The lowest BCUT2D eigenvalue weighted by Gasteiger charge is -2.63. The normalized spacial score (nSPS) is 59.7. The first-order chi connectivity index (χ1) is 15.0. The molecule has 180 valence electrons. The number of rotatable bonds is 1. The van der Waals surface area contributed by atoms with E-state index < -0.39 is 0 Å². The summed E-state index contributed by atoms with van der Waals surface area (Å²) in [7, 11) is 1.48. The molecule has 1 aliphatic heterocycles. The molecule has 4 unspecified atom stereocenters. The number of methoxy groups -OCH3 is 1. The fourth-order valence-electron chi connectivity index (χ4n) is 11.6. The molecule has 6 rings (SSSR count). The maximum atomic E-state index is 12.3. The van der Waals surface area contributed by atoms with Crippen LogP contribution in [0.1, 0.15) is 92.4 Å². The zero-order chi connectivity index (χ0) is 22.9. The molecule has 5 aliphatic carbocycles. The predicted molar refractivity (Wildman–Crippen MR) is 123 cm³/mol. The number of carbonyl (C=O) groups is 1. The maximum Gasteiger partial charge on any atom is 0.334 e. The fraction of sp³-hybridized carbons (Fsp3) is 0.964. The minimum Gasteiger partial charge on any atom is -0.467 e. The van der Waals surface area contributed by atoms with Gasteiger partial charge < -0.3 is 14.6 Å². The highest BCUT2D eigenvalue weighted by Crippen LogP contribution is 2.89. The van der Waals surface area contributed by atoms with Crippen molar-refractivity contribution in [2.45, 2.75) is 111 Å². The number of carbonyl (C=O) groups excluding carboxylic acids is 1. The third-order valence-corrected chi connectivity index (χ3v) is 13.1. The van der Waals surface area contributed by atoms with Gasteiger partial charge in [0.15, 0.2) is 6.10 Å². The summed E-state index contributed by atoms with van der Waals surface area (Å²) in [6, 6.07) is 0. The summed E-state index contributed by atoms with van der Waals surface area (Å²) in [5.41, 5.74) is 1.56. The van der Waals surface area contributed by atoms with Crippen LogP contribution in [-0.2, 0) is 14.3 Å². The molecule has 4 nitrogen and oxygen atoms in total. The van der Waals surface area contributed by atoms with Gasteiger partial charge in [0.05, 0.1) is 19.3 Å².